The highest BCUT2D eigenvalue weighted by Crippen LogP contribution is 2.18. The van der Waals surface area contributed by atoms with Crippen molar-refractivity contribution < 1.29 is 4.79 Å². The number of nitrogens with one attached hydrogen (secondary N) is 1. The first kappa shape index (κ1) is 11.3. The van der Waals surface area contributed by atoms with Crippen LogP contribution in [0.15, 0.2) is 11.4 Å². The van der Waals surface area contributed by atoms with Gasteiger partial charge >= 0.3 is 0 Å². The van der Waals surface area contributed by atoms with Crippen molar-refractivity contribution in [3.8, 4) is 0 Å². The quantitative estimate of drug-likeness (QED) is 0.670. The molecule has 1 rings (SSSR count). The SMILES string of the molecule is CC(Cl)CNC(=O)c1sccc1I. The predicted molar refractivity (Wildman–Crippen MR) is 64.7 cm³/mol. The van der Waals surface area contributed by atoms with Crippen molar-refractivity contribution >= 4 is 51.4 Å². The van der Waals surface area contributed by atoms with Crippen molar-refractivity contribution in [2.45, 2.75) is 12.3 Å². The number of alkyl halides is 1. The van der Waals surface area contributed by atoms with Gasteiger partial charge in [0.25, 0.3) is 5.91 Å². The minimum atomic E-state index is -0.0353. The van der Waals surface area contributed by atoms with Crippen LogP contribution in [0.3, 0.4) is 0 Å². The molecule has 2 nitrogen and oxygen atoms in total. The molecule has 0 aliphatic carbocycles. The van der Waals surface area contributed by atoms with Gasteiger partial charge in [0.2, 0.25) is 0 Å². The van der Waals surface area contributed by atoms with Gasteiger partial charge in [-0.05, 0) is 41.0 Å². The van der Waals surface area contributed by atoms with Crippen LogP contribution in [0.25, 0.3) is 0 Å². The molecule has 1 atom stereocenters. The van der Waals surface area contributed by atoms with Crippen molar-refractivity contribution in [2.24, 2.45) is 0 Å². The van der Waals surface area contributed by atoms with Gasteiger partial charge in [0, 0.05) is 15.5 Å². The maximum Gasteiger partial charge on any atom is 0.262 e. The average molecular weight is 330 g/mol. The number of amides is 1. The molecule has 5 heteroatoms. The second kappa shape index (κ2) is 5.17. The fourth-order valence-corrected chi connectivity index (χ4v) is 2.60. The van der Waals surface area contributed by atoms with Crippen LogP contribution in [0.4, 0.5) is 0 Å². The van der Waals surface area contributed by atoms with Crippen LogP contribution in [0.5, 0.6) is 0 Å². The number of rotatable bonds is 3. The van der Waals surface area contributed by atoms with Crippen LogP contribution in [0.2, 0.25) is 0 Å². The number of hydrogen-bond acceptors (Lipinski definition) is 2. The smallest absolute Gasteiger partial charge is 0.262 e. The molecule has 13 heavy (non-hydrogen) atoms. The Kier molecular flexibility index (Phi) is 4.48. The second-order valence-electron chi connectivity index (χ2n) is 2.59. The fraction of sp³-hybridized carbons (Fsp3) is 0.375. The van der Waals surface area contributed by atoms with Gasteiger partial charge in [-0.25, -0.2) is 0 Å². The molecule has 1 N–H and O–H groups in total. The maximum atomic E-state index is 11.5. The normalized spacial score (nSPS) is 12.5. The van der Waals surface area contributed by atoms with E-state index in [1.165, 1.54) is 11.3 Å². The zero-order chi connectivity index (χ0) is 9.84. The Morgan fingerprint density at radius 1 is 1.85 bits per heavy atom. The van der Waals surface area contributed by atoms with Crippen molar-refractivity contribution in [1.82, 2.24) is 5.32 Å². The summed E-state index contributed by atoms with van der Waals surface area (Å²) in [6, 6.07) is 1.92. The standard InChI is InChI=1S/C8H9ClINOS/c1-5(9)4-11-8(12)7-6(10)2-3-13-7/h2-3,5H,4H2,1H3,(H,11,12). The summed E-state index contributed by atoms with van der Waals surface area (Å²) < 4.78 is 0.988. The van der Waals surface area contributed by atoms with Crippen LogP contribution in [-0.4, -0.2) is 17.8 Å². The maximum absolute atomic E-state index is 11.5. The summed E-state index contributed by atoms with van der Waals surface area (Å²) in [5.74, 6) is -0.0353. The van der Waals surface area contributed by atoms with Gasteiger partial charge in [-0.2, -0.15) is 0 Å². The first-order valence-electron chi connectivity index (χ1n) is 3.76. The Labute approximate surface area is 99.8 Å². The minimum absolute atomic E-state index is 0.0263. The zero-order valence-corrected chi connectivity index (χ0v) is 10.7. The monoisotopic (exact) mass is 329 g/mol. The summed E-state index contributed by atoms with van der Waals surface area (Å²) in [6.45, 7) is 2.36. The molecule has 72 valence electrons. The molecule has 0 saturated carbocycles. The first-order valence-corrected chi connectivity index (χ1v) is 6.16. The van der Waals surface area contributed by atoms with E-state index in [1.807, 2.05) is 18.4 Å². The van der Waals surface area contributed by atoms with E-state index in [9.17, 15) is 4.79 Å². The van der Waals surface area contributed by atoms with Crippen LogP contribution >= 0.6 is 45.5 Å². The van der Waals surface area contributed by atoms with Crippen LogP contribution < -0.4 is 5.32 Å². The zero-order valence-electron chi connectivity index (χ0n) is 7.01. The first-order chi connectivity index (χ1) is 6.11. The third-order valence-electron chi connectivity index (χ3n) is 1.37. The van der Waals surface area contributed by atoms with Gasteiger partial charge < -0.3 is 5.32 Å². The summed E-state index contributed by atoms with van der Waals surface area (Å²) in [4.78, 5) is 12.2. The van der Waals surface area contributed by atoms with Crippen molar-refractivity contribution in [3.05, 3.63) is 19.9 Å². The second-order valence-corrected chi connectivity index (χ2v) is 5.41. The summed E-state index contributed by atoms with van der Waals surface area (Å²) in [5.41, 5.74) is 0. The highest BCUT2D eigenvalue weighted by atomic mass is 127. The predicted octanol–water partition coefficient (Wildman–Crippen LogP) is 2.71. The van der Waals surface area contributed by atoms with Crippen molar-refractivity contribution in [2.75, 3.05) is 6.54 Å². The molecule has 1 heterocycles. The summed E-state index contributed by atoms with van der Waals surface area (Å²) >= 11 is 9.30. The van der Waals surface area contributed by atoms with Crippen LogP contribution in [0, 0.1) is 3.57 Å². The third kappa shape index (κ3) is 3.44. The Morgan fingerprint density at radius 2 is 2.54 bits per heavy atom. The molecule has 0 fully saturated rings. The molecule has 0 radical (unpaired) electrons. The van der Waals surface area contributed by atoms with E-state index < -0.39 is 0 Å². The molecule has 1 aromatic heterocycles. The fourth-order valence-electron chi connectivity index (χ4n) is 0.769. The van der Waals surface area contributed by atoms with Crippen molar-refractivity contribution in [1.29, 1.82) is 0 Å². The average Bonchev–Trinajstić information content (AvgIpc) is 2.47. The molecule has 0 spiro atoms. The molecule has 1 aromatic rings. The van der Waals surface area contributed by atoms with E-state index in [2.05, 4.69) is 27.9 Å². The lowest BCUT2D eigenvalue weighted by molar-refractivity contribution is 0.0957. The van der Waals surface area contributed by atoms with Gasteiger partial charge in [0.1, 0.15) is 4.88 Å². The molecule has 1 amide bonds. The number of thiophene rings is 1. The van der Waals surface area contributed by atoms with Gasteiger partial charge in [-0.1, -0.05) is 0 Å². The summed E-state index contributed by atoms with van der Waals surface area (Å²) in [7, 11) is 0. The Morgan fingerprint density at radius 3 is 3.00 bits per heavy atom. The number of hydrogen-bond donors (Lipinski definition) is 1. The Balaban J connectivity index is 2.54. The lowest BCUT2D eigenvalue weighted by Crippen LogP contribution is -2.28. The number of carbonyl (C=O) groups excluding carboxylic acids is 1. The van der Waals surface area contributed by atoms with E-state index in [4.69, 9.17) is 11.6 Å². The molecular formula is C8H9ClINOS. The molecule has 1 unspecified atom stereocenters. The highest BCUT2D eigenvalue weighted by molar-refractivity contribution is 14.1. The van der Waals surface area contributed by atoms with E-state index in [-0.39, 0.29) is 11.3 Å². The molecule has 0 bridgehead atoms. The topological polar surface area (TPSA) is 29.1 Å². The Hall–Kier alpha value is 0.190. The summed E-state index contributed by atoms with van der Waals surface area (Å²) in [6.07, 6.45) is 0. The van der Waals surface area contributed by atoms with E-state index in [0.717, 1.165) is 8.45 Å². The number of halogens is 2. The minimum Gasteiger partial charge on any atom is -0.350 e. The summed E-state index contributed by atoms with van der Waals surface area (Å²) in [5, 5.41) is 4.64. The third-order valence-corrected chi connectivity index (χ3v) is 3.70. The largest absolute Gasteiger partial charge is 0.350 e. The van der Waals surface area contributed by atoms with Gasteiger partial charge in [-0.15, -0.1) is 22.9 Å². The molecule has 0 aliphatic rings. The van der Waals surface area contributed by atoms with E-state index in [1.54, 1.807) is 0 Å². The van der Waals surface area contributed by atoms with Crippen LogP contribution in [0.1, 0.15) is 16.6 Å². The van der Waals surface area contributed by atoms with Gasteiger partial charge in [-0.3, -0.25) is 4.79 Å². The van der Waals surface area contributed by atoms with E-state index >= 15 is 0 Å². The molecule has 0 aromatic carbocycles. The van der Waals surface area contributed by atoms with Crippen LogP contribution in [-0.2, 0) is 0 Å². The van der Waals surface area contributed by atoms with Crippen molar-refractivity contribution in [3.63, 3.8) is 0 Å². The molecular weight excluding hydrogens is 321 g/mol. The lowest BCUT2D eigenvalue weighted by atomic mass is 10.4. The Bertz CT molecular complexity index is 300. The molecule has 0 saturated heterocycles. The lowest BCUT2D eigenvalue weighted by Gasteiger charge is -2.04. The van der Waals surface area contributed by atoms with Gasteiger partial charge in [0.05, 0.1) is 0 Å². The molecule has 0 aliphatic heterocycles. The van der Waals surface area contributed by atoms with Gasteiger partial charge in [0.15, 0.2) is 0 Å². The highest BCUT2D eigenvalue weighted by Gasteiger charge is 2.11. The van der Waals surface area contributed by atoms with E-state index in [0.29, 0.717) is 6.54 Å². The number of carbonyl (C=O) groups is 1.